The molecule has 2 N–H and O–H groups in total. The van der Waals surface area contributed by atoms with Gasteiger partial charge in [0.1, 0.15) is 12.6 Å². The van der Waals surface area contributed by atoms with Gasteiger partial charge in [-0.3, -0.25) is 0 Å². The predicted molar refractivity (Wildman–Crippen MR) is 65.5 cm³/mol. The Morgan fingerprint density at radius 1 is 1.25 bits per heavy atom. The number of nitrogens with two attached hydrogens (primary N) is 1. The molecule has 3 heteroatoms. The first-order chi connectivity index (χ1) is 7.47. The van der Waals surface area contributed by atoms with Crippen LogP contribution >= 0.6 is 0 Å². The summed E-state index contributed by atoms with van der Waals surface area (Å²) in [5.74, 6) is 0. The van der Waals surface area contributed by atoms with E-state index in [0.29, 0.717) is 12.6 Å². The fourth-order valence-corrected chi connectivity index (χ4v) is 1.77. The van der Waals surface area contributed by atoms with E-state index in [1.165, 1.54) is 5.56 Å². The molecule has 0 unspecified atom stereocenters. The van der Waals surface area contributed by atoms with Gasteiger partial charge in [0.05, 0.1) is 0 Å². The van der Waals surface area contributed by atoms with Gasteiger partial charge in [-0.15, -0.1) is 0 Å². The van der Waals surface area contributed by atoms with Crippen molar-refractivity contribution in [2.75, 3.05) is 6.61 Å². The van der Waals surface area contributed by atoms with Gasteiger partial charge in [0, 0.05) is 0 Å². The SMILES string of the molecule is CC(C)(C)c1ccc([C@H]2COC(N)=N2)cc1. The summed E-state index contributed by atoms with van der Waals surface area (Å²) < 4.78 is 5.15. The fraction of sp³-hybridized carbons (Fsp3) is 0.462. The maximum atomic E-state index is 5.49. The Bertz CT molecular complexity index is 401. The molecule has 1 heterocycles. The minimum absolute atomic E-state index is 0.0639. The highest BCUT2D eigenvalue weighted by atomic mass is 16.5. The third kappa shape index (κ3) is 2.18. The lowest BCUT2D eigenvalue weighted by molar-refractivity contribution is 0.315. The van der Waals surface area contributed by atoms with Crippen molar-refractivity contribution in [3.05, 3.63) is 35.4 Å². The maximum Gasteiger partial charge on any atom is 0.282 e. The molecule has 0 amide bonds. The van der Waals surface area contributed by atoms with Crippen molar-refractivity contribution in [1.29, 1.82) is 0 Å². The van der Waals surface area contributed by atoms with Crippen LogP contribution in [0.1, 0.15) is 37.9 Å². The molecule has 1 atom stereocenters. The molecule has 0 bridgehead atoms. The standard InChI is InChI=1S/C13H18N2O/c1-13(2,3)10-6-4-9(5-7-10)11-8-16-12(14)15-11/h4-7,11H,8H2,1-3H3,(H2,14,15)/t11-/m1/s1. The van der Waals surface area contributed by atoms with E-state index in [2.05, 4.69) is 50.0 Å². The molecule has 86 valence electrons. The first-order valence-corrected chi connectivity index (χ1v) is 5.53. The summed E-state index contributed by atoms with van der Waals surface area (Å²) >= 11 is 0. The van der Waals surface area contributed by atoms with Crippen molar-refractivity contribution in [2.45, 2.75) is 32.2 Å². The molecule has 1 aliphatic heterocycles. The van der Waals surface area contributed by atoms with Crippen molar-refractivity contribution < 1.29 is 4.74 Å². The van der Waals surface area contributed by atoms with Gasteiger partial charge in [-0.05, 0) is 16.5 Å². The lowest BCUT2D eigenvalue weighted by Crippen LogP contribution is -2.11. The van der Waals surface area contributed by atoms with Crippen LogP contribution in [0.15, 0.2) is 29.3 Å². The molecule has 1 aromatic rings. The molecule has 1 aliphatic rings. The highest BCUT2D eigenvalue weighted by Gasteiger charge is 2.19. The first kappa shape index (κ1) is 11.0. The van der Waals surface area contributed by atoms with E-state index in [9.17, 15) is 0 Å². The van der Waals surface area contributed by atoms with Gasteiger partial charge in [0.15, 0.2) is 0 Å². The van der Waals surface area contributed by atoms with Crippen LogP contribution in [-0.4, -0.2) is 12.6 Å². The summed E-state index contributed by atoms with van der Waals surface area (Å²) in [5, 5.41) is 0. The first-order valence-electron chi connectivity index (χ1n) is 5.53. The molecule has 0 radical (unpaired) electrons. The van der Waals surface area contributed by atoms with Crippen molar-refractivity contribution in [1.82, 2.24) is 0 Å². The molecule has 0 saturated carbocycles. The molecule has 2 rings (SSSR count). The number of ether oxygens (including phenoxy) is 1. The Morgan fingerprint density at radius 2 is 1.88 bits per heavy atom. The molecule has 0 saturated heterocycles. The Morgan fingerprint density at radius 3 is 2.31 bits per heavy atom. The number of nitrogens with zero attached hydrogens (tertiary/aromatic N) is 1. The summed E-state index contributed by atoms with van der Waals surface area (Å²) in [7, 11) is 0. The Kier molecular flexibility index (Phi) is 2.62. The van der Waals surface area contributed by atoms with Gasteiger partial charge < -0.3 is 10.5 Å². The molecular formula is C13H18N2O. The van der Waals surface area contributed by atoms with E-state index in [0.717, 1.165) is 5.56 Å². The predicted octanol–water partition coefficient (Wildman–Crippen LogP) is 2.37. The quantitative estimate of drug-likeness (QED) is 0.786. The van der Waals surface area contributed by atoms with Crippen molar-refractivity contribution >= 4 is 6.02 Å². The fourth-order valence-electron chi connectivity index (χ4n) is 1.77. The van der Waals surface area contributed by atoms with Crippen LogP contribution in [-0.2, 0) is 10.2 Å². The zero-order chi connectivity index (χ0) is 11.8. The summed E-state index contributed by atoms with van der Waals surface area (Å²) in [5.41, 5.74) is 8.16. The van der Waals surface area contributed by atoms with Gasteiger partial charge in [0.2, 0.25) is 0 Å². The Labute approximate surface area is 96.3 Å². The average Bonchev–Trinajstić information content (AvgIpc) is 2.64. The van der Waals surface area contributed by atoms with Crippen LogP contribution in [0, 0.1) is 0 Å². The highest BCUT2D eigenvalue weighted by molar-refractivity contribution is 5.73. The van der Waals surface area contributed by atoms with Gasteiger partial charge in [-0.1, -0.05) is 45.0 Å². The van der Waals surface area contributed by atoms with Crippen LogP contribution in [0.3, 0.4) is 0 Å². The molecule has 0 fully saturated rings. The number of aliphatic imine (C=N–C) groups is 1. The largest absolute Gasteiger partial charge is 0.463 e. The van der Waals surface area contributed by atoms with E-state index in [-0.39, 0.29) is 11.5 Å². The van der Waals surface area contributed by atoms with Crippen molar-refractivity contribution in [3.63, 3.8) is 0 Å². The third-order valence-electron chi connectivity index (χ3n) is 2.83. The Balaban J connectivity index is 2.20. The maximum absolute atomic E-state index is 5.49. The minimum atomic E-state index is 0.0639. The highest BCUT2D eigenvalue weighted by Crippen LogP contribution is 2.26. The summed E-state index contributed by atoms with van der Waals surface area (Å²) in [6, 6.07) is 8.88. The van der Waals surface area contributed by atoms with Crippen LogP contribution in [0.2, 0.25) is 0 Å². The molecule has 0 spiro atoms. The van der Waals surface area contributed by atoms with E-state index < -0.39 is 0 Å². The molecule has 16 heavy (non-hydrogen) atoms. The molecule has 1 aromatic carbocycles. The molecule has 0 aliphatic carbocycles. The van der Waals surface area contributed by atoms with Gasteiger partial charge in [0.25, 0.3) is 6.02 Å². The van der Waals surface area contributed by atoms with Gasteiger partial charge in [-0.2, -0.15) is 0 Å². The topological polar surface area (TPSA) is 47.6 Å². The summed E-state index contributed by atoms with van der Waals surface area (Å²) in [4.78, 5) is 4.22. The van der Waals surface area contributed by atoms with Gasteiger partial charge in [-0.25, -0.2) is 4.99 Å². The summed E-state index contributed by atoms with van der Waals surface area (Å²) in [6.07, 6.45) is 0. The molecular weight excluding hydrogens is 200 g/mol. The minimum Gasteiger partial charge on any atom is -0.463 e. The zero-order valence-corrected chi connectivity index (χ0v) is 10.0. The number of hydrogen-bond donors (Lipinski definition) is 1. The number of rotatable bonds is 1. The number of amidine groups is 1. The van der Waals surface area contributed by atoms with Crippen molar-refractivity contribution in [2.24, 2.45) is 10.7 Å². The van der Waals surface area contributed by atoms with Crippen LogP contribution in [0.25, 0.3) is 0 Å². The van der Waals surface area contributed by atoms with Crippen LogP contribution in [0.4, 0.5) is 0 Å². The van der Waals surface area contributed by atoms with Crippen LogP contribution < -0.4 is 5.73 Å². The van der Waals surface area contributed by atoms with Crippen molar-refractivity contribution in [3.8, 4) is 0 Å². The molecule has 0 aromatic heterocycles. The lowest BCUT2D eigenvalue weighted by atomic mass is 9.86. The zero-order valence-electron chi connectivity index (χ0n) is 10.0. The Hall–Kier alpha value is -1.51. The number of benzene rings is 1. The van der Waals surface area contributed by atoms with Gasteiger partial charge >= 0.3 is 0 Å². The van der Waals surface area contributed by atoms with E-state index in [1.54, 1.807) is 0 Å². The van der Waals surface area contributed by atoms with E-state index >= 15 is 0 Å². The second kappa shape index (κ2) is 3.81. The smallest absolute Gasteiger partial charge is 0.282 e. The second-order valence-electron chi connectivity index (χ2n) is 5.17. The monoisotopic (exact) mass is 218 g/mol. The van der Waals surface area contributed by atoms with E-state index in [1.807, 2.05) is 0 Å². The second-order valence-corrected chi connectivity index (χ2v) is 5.17. The number of hydrogen-bond acceptors (Lipinski definition) is 3. The third-order valence-corrected chi connectivity index (χ3v) is 2.83. The average molecular weight is 218 g/mol. The van der Waals surface area contributed by atoms with E-state index in [4.69, 9.17) is 10.5 Å². The summed E-state index contributed by atoms with van der Waals surface area (Å²) in [6.45, 7) is 7.17. The molecule has 3 nitrogen and oxygen atoms in total. The van der Waals surface area contributed by atoms with Crippen LogP contribution in [0.5, 0.6) is 0 Å². The lowest BCUT2D eigenvalue weighted by Gasteiger charge is -2.19. The normalized spacial score (nSPS) is 20.4.